The highest BCUT2D eigenvalue weighted by molar-refractivity contribution is 5.02. The van der Waals surface area contributed by atoms with Gasteiger partial charge < -0.3 is 10.6 Å². The fraction of sp³-hybridized carbons (Fsp3) is 1.00. The lowest BCUT2D eigenvalue weighted by atomic mass is 9.92. The van der Waals surface area contributed by atoms with E-state index in [2.05, 4.69) is 30.7 Å². The van der Waals surface area contributed by atoms with Crippen LogP contribution in [0.5, 0.6) is 0 Å². The summed E-state index contributed by atoms with van der Waals surface area (Å²) in [5.74, 6) is 0. The lowest BCUT2D eigenvalue weighted by molar-refractivity contribution is 0.119. The minimum Gasteiger partial charge on any atom is -0.329 e. The number of nitrogens with two attached hydrogens (primary N) is 1. The summed E-state index contributed by atoms with van der Waals surface area (Å²) in [5.41, 5.74) is 6.80. The van der Waals surface area contributed by atoms with Crippen LogP contribution in [0.3, 0.4) is 0 Å². The Balaban J connectivity index is 2.08. The van der Waals surface area contributed by atoms with E-state index in [1.165, 1.54) is 32.5 Å². The van der Waals surface area contributed by atoms with Crippen LogP contribution in [-0.2, 0) is 0 Å². The average Bonchev–Trinajstić information content (AvgIpc) is 2.70. The van der Waals surface area contributed by atoms with Crippen LogP contribution in [0.4, 0.5) is 0 Å². The van der Waals surface area contributed by atoms with Crippen LogP contribution in [0.15, 0.2) is 0 Å². The first-order valence-electron chi connectivity index (χ1n) is 6.11. The molecule has 0 radical (unpaired) electrons. The second kappa shape index (κ2) is 3.72. The fourth-order valence-corrected chi connectivity index (χ4v) is 3.13. The van der Waals surface area contributed by atoms with Gasteiger partial charge in [-0.25, -0.2) is 0 Å². The van der Waals surface area contributed by atoms with E-state index in [9.17, 15) is 0 Å². The van der Waals surface area contributed by atoms with Crippen molar-refractivity contribution >= 4 is 0 Å². The van der Waals surface area contributed by atoms with Gasteiger partial charge in [0.1, 0.15) is 0 Å². The predicted octanol–water partition coefficient (Wildman–Crippen LogP) is 0.751. The van der Waals surface area contributed by atoms with Gasteiger partial charge in [0.25, 0.3) is 0 Å². The Kier molecular flexibility index (Phi) is 2.82. The lowest BCUT2D eigenvalue weighted by Gasteiger charge is -2.38. The number of hydrogen-bond donors (Lipinski definition) is 1. The maximum absolute atomic E-state index is 6.03. The van der Waals surface area contributed by atoms with Gasteiger partial charge in [0.15, 0.2) is 0 Å². The van der Waals surface area contributed by atoms with Gasteiger partial charge >= 0.3 is 0 Å². The highest BCUT2D eigenvalue weighted by Crippen LogP contribution is 2.36. The van der Waals surface area contributed by atoms with Gasteiger partial charge in [-0.1, -0.05) is 13.8 Å². The molecule has 1 atom stereocenters. The Morgan fingerprint density at radius 3 is 2.27 bits per heavy atom. The highest BCUT2D eigenvalue weighted by atomic mass is 15.3. The quantitative estimate of drug-likeness (QED) is 0.731. The Morgan fingerprint density at radius 1 is 1.13 bits per heavy atom. The molecular weight excluding hydrogens is 186 g/mol. The molecule has 3 heteroatoms. The molecular formula is C12H25N3. The summed E-state index contributed by atoms with van der Waals surface area (Å²) in [5, 5.41) is 0. The number of nitrogens with zero attached hydrogens (tertiary/aromatic N) is 2. The van der Waals surface area contributed by atoms with Crippen LogP contribution >= 0.6 is 0 Å². The van der Waals surface area contributed by atoms with Crippen molar-refractivity contribution in [3.63, 3.8) is 0 Å². The van der Waals surface area contributed by atoms with Gasteiger partial charge in [0.05, 0.1) is 0 Å². The molecule has 2 rings (SSSR count). The second-order valence-corrected chi connectivity index (χ2v) is 6.25. The minimum atomic E-state index is 0.280. The van der Waals surface area contributed by atoms with Crippen molar-refractivity contribution < 1.29 is 0 Å². The Labute approximate surface area is 93.6 Å². The van der Waals surface area contributed by atoms with Gasteiger partial charge in [-0.2, -0.15) is 0 Å². The van der Waals surface area contributed by atoms with Gasteiger partial charge in [-0.3, -0.25) is 4.90 Å². The van der Waals surface area contributed by atoms with E-state index in [1.807, 2.05) is 0 Å². The smallest absolute Gasteiger partial charge is 0.0470 e. The summed E-state index contributed by atoms with van der Waals surface area (Å²) in [7, 11) is 2.21. The first-order chi connectivity index (χ1) is 6.97. The molecule has 2 aliphatic heterocycles. The molecule has 0 saturated carbocycles. The van der Waals surface area contributed by atoms with E-state index in [4.69, 9.17) is 5.73 Å². The molecule has 0 bridgehead atoms. The third kappa shape index (κ3) is 2.05. The summed E-state index contributed by atoms with van der Waals surface area (Å²) in [6.45, 7) is 10.4. The standard InChI is InChI=1S/C12H25N3/c1-11(2)4-7-15(9-11)12(8-13)5-6-14(3)10-12/h4-10,13H2,1-3H3. The van der Waals surface area contributed by atoms with Crippen molar-refractivity contribution in [2.24, 2.45) is 11.1 Å². The topological polar surface area (TPSA) is 32.5 Å². The monoisotopic (exact) mass is 211 g/mol. The minimum absolute atomic E-state index is 0.280. The first kappa shape index (κ1) is 11.4. The Bertz CT molecular complexity index is 239. The maximum atomic E-state index is 6.03. The fourth-order valence-electron chi connectivity index (χ4n) is 3.13. The zero-order valence-corrected chi connectivity index (χ0v) is 10.4. The molecule has 3 nitrogen and oxygen atoms in total. The molecule has 2 aliphatic rings. The third-order valence-electron chi connectivity index (χ3n) is 4.25. The summed E-state index contributed by atoms with van der Waals surface area (Å²) in [6, 6.07) is 0. The molecule has 2 heterocycles. The number of likely N-dealkylation sites (N-methyl/N-ethyl adjacent to an activating group) is 1. The molecule has 0 spiro atoms. The van der Waals surface area contributed by atoms with Crippen molar-refractivity contribution in [2.75, 3.05) is 39.8 Å². The third-order valence-corrected chi connectivity index (χ3v) is 4.25. The lowest BCUT2D eigenvalue weighted by Crippen LogP contribution is -2.54. The summed E-state index contributed by atoms with van der Waals surface area (Å²) < 4.78 is 0. The highest BCUT2D eigenvalue weighted by Gasteiger charge is 2.45. The number of rotatable bonds is 2. The summed E-state index contributed by atoms with van der Waals surface area (Å²) >= 11 is 0. The molecule has 2 N–H and O–H groups in total. The van der Waals surface area contributed by atoms with E-state index < -0.39 is 0 Å². The SMILES string of the molecule is CN1CCC(CN)(N2CCC(C)(C)C2)C1. The van der Waals surface area contributed by atoms with Crippen molar-refractivity contribution in [3.8, 4) is 0 Å². The van der Waals surface area contributed by atoms with E-state index in [-0.39, 0.29) is 5.54 Å². The molecule has 0 aromatic heterocycles. The number of likely N-dealkylation sites (tertiary alicyclic amines) is 2. The van der Waals surface area contributed by atoms with E-state index in [0.717, 1.165) is 13.1 Å². The number of hydrogen-bond acceptors (Lipinski definition) is 3. The molecule has 2 fully saturated rings. The van der Waals surface area contributed by atoms with E-state index in [0.29, 0.717) is 5.41 Å². The molecule has 0 aromatic rings. The van der Waals surface area contributed by atoms with E-state index >= 15 is 0 Å². The van der Waals surface area contributed by atoms with Gasteiger partial charge in [0, 0.05) is 25.2 Å². The van der Waals surface area contributed by atoms with Crippen LogP contribution < -0.4 is 5.73 Å². The average molecular weight is 211 g/mol. The molecule has 0 amide bonds. The van der Waals surface area contributed by atoms with Crippen molar-refractivity contribution in [1.29, 1.82) is 0 Å². The van der Waals surface area contributed by atoms with Crippen LogP contribution in [0.25, 0.3) is 0 Å². The summed E-state index contributed by atoms with van der Waals surface area (Å²) in [6.07, 6.45) is 2.56. The molecule has 15 heavy (non-hydrogen) atoms. The van der Waals surface area contributed by atoms with Crippen molar-refractivity contribution in [1.82, 2.24) is 9.80 Å². The normalized spacial score (nSPS) is 37.6. The molecule has 0 aliphatic carbocycles. The van der Waals surface area contributed by atoms with Crippen LogP contribution in [0.2, 0.25) is 0 Å². The largest absolute Gasteiger partial charge is 0.329 e. The van der Waals surface area contributed by atoms with E-state index in [1.54, 1.807) is 0 Å². The van der Waals surface area contributed by atoms with Gasteiger partial charge in [0.2, 0.25) is 0 Å². The van der Waals surface area contributed by atoms with Crippen LogP contribution in [0, 0.1) is 5.41 Å². The molecule has 1 unspecified atom stereocenters. The summed E-state index contributed by atoms with van der Waals surface area (Å²) in [4.78, 5) is 5.06. The van der Waals surface area contributed by atoms with Crippen LogP contribution in [-0.4, -0.2) is 55.1 Å². The Hall–Kier alpha value is -0.120. The second-order valence-electron chi connectivity index (χ2n) is 6.25. The molecule has 2 saturated heterocycles. The molecule has 0 aromatic carbocycles. The van der Waals surface area contributed by atoms with Crippen molar-refractivity contribution in [3.05, 3.63) is 0 Å². The van der Waals surface area contributed by atoms with Crippen molar-refractivity contribution in [2.45, 2.75) is 32.2 Å². The Morgan fingerprint density at radius 2 is 1.87 bits per heavy atom. The zero-order valence-electron chi connectivity index (χ0n) is 10.4. The maximum Gasteiger partial charge on any atom is 0.0470 e. The van der Waals surface area contributed by atoms with Gasteiger partial charge in [-0.05, 0) is 38.4 Å². The predicted molar refractivity (Wildman–Crippen MR) is 63.9 cm³/mol. The van der Waals surface area contributed by atoms with Gasteiger partial charge in [-0.15, -0.1) is 0 Å². The first-order valence-corrected chi connectivity index (χ1v) is 6.11. The molecule has 88 valence electrons. The zero-order chi connectivity index (χ0) is 11.1. The van der Waals surface area contributed by atoms with Crippen LogP contribution in [0.1, 0.15) is 26.7 Å².